The Morgan fingerprint density at radius 2 is 2.14 bits per heavy atom. The van der Waals surface area contributed by atoms with Gasteiger partial charge in [0.1, 0.15) is 0 Å². The number of likely N-dealkylation sites (N-methyl/N-ethyl adjacent to an activating group) is 1. The lowest BCUT2D eigenvalue weighted by Crippen LogP contribution is -2.38. The Morgan fingerprint density at radius 3 is 2.67 bits per heavy atom. The Labute approximate surface area is 142 Å². The largest absolute Gasteiger partial charge is 0.383 e. The molecule has 1 rings (SSSR count). The Morgan fingerprint density at radius 1 is 1.43 bits per heavy atom. The SMILES string of the molecule is CCN(CCC(NC)c1ccc(Br)cc1Cl)C(C)COC. The molecule has 0 spiro atoms. The third kappa shape index (κ3) is 5.87. The minimum absolute atomic E-state index is 0.259. The molecule has 0 bridgehead atoms. The highest BCUT2D eigenvalue weighted by Gasteiger charge is 2.17. The molecule has 0 radical (unpaired) electrons. The molecule has 1 N–H and O–H groups in total. The second-order valence-electron chi connectivity index (χ2n) is 5.23. The number of halogens is 2. The van der Waals surface area contributed by atoms with E-state index in [0.29, 0.717) is 6.04 Å². The van der Waals surface area contributed by atoms with Crippen LogP contribution in [-0.4, -0.2) is 44.8 Å². The van der Waals surface area contributed by atoms with E-state index in [2.05, 4.69) is 46.1 Å². The molecular weight excluding hydrogens is 352 g/mol. The van der Waals surface area contributed by atoms with Gasteiger partial charge in [0.2, 0.25) is 0 Å². The van der Waals surface area contributed by atoms with Crippen LogP contribution in [0.15, 0.2) is 22.7 Å². The molecule has 120 valence electrons. The van der Waals surface area contributed by atoms with E-state index in [4.69, 9.17) is 16.3 Å². The fraction of sp³-hybridized carbons (Fsp3) is 0.625. The molecule has 0 aliphatic heterocycles. The fourth-order valence-electron chi connectivity index (χ4n) is 2.57. The standard InChI is InChI=1S/C16H26BrClN2O/c1-5-20(12(2)11-21-4)9-8-16(19-3)14-7-6-13(17)10-15(14)18/h6-7,10,12,16,19H,5,8-9,11H2,1-4H3. The lowest BCUT2D eigenvalue weighted by Gasteiger charge is -2.29. The van der Waals surface area contributed by atoms with Crippen LogP contribution in [0.3, 0.4) is 0 Å². The Bertz CT molecular complexity index is 431. The molecule has 0 saturated carbocycles. The molecule has 0 heterocycles. The molecule has 0 aliphatic rings. The van der Waals surface area contributed by atoms with E-state index >= 15 is 0 Å². The van der Waals surface area contributed by atoms with E-state index in [1.165, 1.54) is 0 Å². The monoisotopic (exact) mass is 376 g/mol. The van der Waals surface area contributed by atoms with Crippen molar-refractivity contribution in [3.05, 3.63) is 33.3 Å². The number of benzene rings is 1. The smallest absolute Gasteiger partial charge is 0.0615 e. The molecule has 0 saturated heterocycles. The summed E-state index contributed by atoms with van der Waals surface area (Å²) >= 11 is 9.81. The average Bonchev–Trinajstić information content (AvgIpc) is 2.45. The van der Waals surface area contributed by atoms with Crippen LogP contribution in [0.2, 0.25) is 5.02 Å². The third-order valence-corrected chi connectivity index (χ3v) is 4.65. The van der Waals surface area contributed by atoms with Crippen LogP contribution in [0.25, 0.3) is 0 Å². The molecule has 21 heavy (non-hydrogen) atoms. The second-order valence-corrected chi connectivity index (χ2v) is 6.55. The van der Waals surface area contributed by atoms with Crippen LogP contribution in [0.1, 0.15) is 31.9 Å². The highest BCUT2D eigenvalue weighted by Crippen LogP contribution is 2.28. The molecule has 0 fully saturated rings. The van der Waals surface area contributed by atoms with Gasteiger partial charge in [0.15, 0.2) is 0 Å². The lowest BCUT2D eigenvalue weighted by atomic mass is 10.0. The number of nitrogens with one attached hydrogen (secondary N) is 1. The van der Waals surface area contributed by atoms with Crippen molar-refractivity contribution in [1.82, 2.24) is 10.2 Å². The van der Waals surface area contributed by atoms with Gasteiger partial charge in [0.05, 0.1) is 6.61 Å². The van der Waals surface area contributed by atoms with Crippen molar-refractivity contribution < 1.29 is 4.74 Å². The first-order valence-corrected chi connectivity index (χ1v) is 8.55. The van der Waals surface area contributed by atoms with Crippen LogP contribution < -0.4 is 5.32 Å². The van der Waals surface area contributed by atoms with Crippen molar-refractivity contribution in [2.45, 2.75) is 32.4 Å². The molecule has 1 aromatic rings. The van der Waals surface area contributed by atoms with Crippen molar-refractivity contribution in [2.24, 2.45) is 0 Å². The number of rotatable bonds is 9. The quantitative estimate of drug-likeness (QED) is 0.701. The first kappa shape index (κ1) is 18.9. The summed E-state index contributed by atoms with van der Waals surface area (Å²) in [5.41, 5.74) is 1.15. The predicted octanol–water partition coefficient (Wildman–Crippen LogP) is 4.11. The lowest BCUT2D eigenvalue weighted by molar-refractivity contribution is 0.0998. The van der Waals surface area contributed by atoms with E-state index in [1.54, 1.807) is 7.11 Å². The van der Waals surface area contributed by atoms with Gasteiger partial charge in [-0.1, -0.05) is 40.5 Å². The summed E-state index contributed by atoms with van der Waals surface area (Å²) < 4.78 is 6.26. The molecular formula is C16H26BrClN2O. The molecule has 0 aromatic heterocycles. The molecule has 2 unspecified atom stereocenters. The van der Waals surface area contributed by atoms with E-state index in [-0.39, 0.29) is 6.04 Å². The van der Waals surface area contributed by atoms with Crippen LogP contribution in [-0.2, 0) is 4.74 Å². The Balaban J connectivity index is 2.69. The van der Waals surface area contributed by atoms with Crippen molar-refractivity contribution >= 4 is 27.5 Å². The summed E-state index contributed by atoms with van der Waals surface area (Å²) in [7, 11) is 3.74. The van der Waals surface area contributed by atoms with E-state index in [0.717, 1.165) is 41.2 Å². The third-order valence-electron chi connectivity index (χ3n) is 3.83. The van der Waals surface area contributed by atoms with Gasteiger partial charge in [-0.2, -0.15) is 0 Å². The predicted molar refractivity (Wildman–Crippen MR) is 94.2 cm³/mol. The fourth-order valence-corrected chi connectivity index (χ4v) is 3.38. The normalized spacial score (nSPS) is 14.4. The summed E-state index contributed by atoms with van der Waals surface area (Å²) in [5, 5.41) is 4.17. The summed E-state index contributed by atoms with van der Waals surface area (Å²) in [6.07, 6.45) is 1.01. The van der Waals surface area contributed by atoms with Crippen LogP contribution in [0, 0.1) is 0 Å². The van der Waals surface area contributed by atoms with Gasteiger partial charge in [-0.25, -0.2) is 0 Å². The maximum Gasteiger partial charge on any atom is 0.0615 e. The van der Waals surface area contributed by atoms with Crippen molar-refractivity contribution in [3.63, 3.8) is 0 Å². The topological polar surface area (TPSA) is 24.5 Å². The summed E-state index contributed by atoms with van der Waals surface area (Å²) in [5.74, 6) is 0. The van der Waals surface area contributed by atoms with Gasteiger partial charge in [0, 0.05) is 35.2 Å². The second kappa shape index (κ2) is 9.80. The minimum atomic E-state index is 0.259. The number of hydrogen-bond acceptors (Lipinski definition) is 3. The number of nitrogens with zero attached hydrogens (tertiary/aromatic N) is 1. The molecule has 5 heteroatoms. The first-order chi connectivity index (χ1) is 10.0. The van der Waals surface area contributed by atoms with Gasteiger partial charge in [-0.05, 0) is 44.6 Å². The molecule has 0 aliphatic carbocycles. The Kier molecular flexibility index (Phi) is 8.83. The highest BCUT2D eigenvalue weighted by molar-refractivity contribution is 9.10. The zero-order valence-electron chi connectivity index (χ0n) is 13.3. The average molecular weight is 378 g/mol. The molecule has 2 atom stereocenters. The maximum absolute atomic E-state index is 6.36. The zero-order valence-corrected chi connectivity index (χ0v) is 15.7. The van der Waals surface area contributed by atoms with Crippen LogP contribution in [0.5, 0.6) is 0 Å². The molecule has 1 aromatic carbocycles. The number of ether oxygens (including phenoxy) is 1. The van der Waals surface area contributed by atoms with Gasteiger partial charge in [0.25, 0.3) is 0 Å². The zero-order chi connectivity index (χ0) is 15.8. The number of methoxy groups -OCH3 is 1. The number of hydrogen-bond donors (Lipinski definition) is 1. The summed E-state index contributed by atoms with van der Waals surface area (Å²) in [6, 6.07) is 6.76. The summed E-state index contributed by atoms with van der Waals surface area (Å²) in [6.45, 7) is 7.19. The first-order valence-electron chi connectivity index (χ1n) is 7.38. The van der Waals surface area contributed by atoms with Gasteiger partial charge < -0.3 is 10.1 Å². The van der Waals surface area contributed by atoms with Crippen molar-refractivity contribution in [1.29, 1.82) is 0 Å². The van der Waals surface area contributed by atoms with Crippen molar-refractivity contribution in [2.75, 3.05) is 33.9 Å². The van der Waals surface area contributed by atoms with E-state index in [9.17, 15) is 0 Å². The van der Waals surface area contributed by atoms with Crippen LogP contribution >= 0.6 is 27.5 Å². The molecule has 3 nitrogen and oxygen atoms in total. The van der Waals surface area contributed by atoms with Crippen molar-refractivity contribution in [3.8, 4) is 0 Å². The van der Waals surface area contributed by atoms with E-state index in [1.807, 2.05) is 19.2 Å². The highest BCUT2D eigenvalue weighted by atomic mass is 79.9. The Hall–Kier alpha value is -0.130. The maximum atomic E-state index is 6.36. The minimum Gasteiger partial charge on any atom is -0.383 e. The van der Waals surface area contributed by atoms with Crippen LogP contribution in [0.4, 0.5) is 0 Å². The van der Waals surface area contributed by atoms with Gasteiger partial charge >= 0.3 is 0 Å². The van der Waals surface area contributed by atoms with E-state index < -0.39 is 0 Å². The molecule has 0 amide bonds. The van der Waals surface area contributed by atoms with Gasteiger partial charge in [-0.3, -0.25) is 4.90 Å². The summed E-state index contributed by atoms with van der Waals surface area (Å²) in [4.78, 5) is 2.43. The van der Waals surface area contributed by atoms with Gasteiger partial charge in [-0.15, -0.1) is 0 Å².